The van der Waals surface area contributed by atoms with Gasteiger partial charge in [0, 0.05) is 23.4 Å². The molecule has 0 fully saturated rings. The summed E-state index contributed by atoms with van der Waals surface area (Å²) in [6, 6.07) is 9.66. The van der Waals surface area contributed by atoms with Crippen LogP contribution in [-0.4, -0.2) is 5.66 Å². The average molecular weight is 255 g/mol. The quantitative estimate of drug-likeness (QED) is 0.720. The molecule has 1 unspecified atom stereocenters. The zero-order chi connectivity index (χ0) is 13.5. The highest BCUT2D eigenvalue weighted by Crippen LogP contribution is 2.31. The van der Waals surface area contributed by atoms with Crippen molar-refractivity contribution >= 4 is 17.5 Å². The molecule has 0 aliphatic carbocycles. The smallest absolute Gasteiger partial charge is 0.112 e. The Morgan fingerprint density at radius 2 is 2.11 bits per heavy atom. The molecule has 0 saturated heterocycles. The fourth-order valence-electron chi connectivity index (χ4n) is 2.37. The van der Waals surface area contributed by atoms with Gasteiger partial charge in [-0.05, 0) is 37.3 Å². The second kappa shape index (κ2) is 4.17. The number of nitrogens with one attached hydrogen (secondary N) is 1. The van der Waals surface area contributed by atoms with Gasteiger partial charge < -0.3 is 21.2 Å². The van der Waals surface area contributed by atoms with Crippen LogP contribution >= 0.6 is 0 Å². The van der Waals surface area contributed by atoms with E-state index in [2.05, 4.69) is 5.32 Å². The van der Waals surface area contributed by atoms with E-state index in [9.17, 15) is 0 Å². The Morgan fingerprint density at radius 1 is 1.26 bits per heavy atom. The summed E-state index contributed by atoms with van der Waals surface area (Å²) in [4.78, 5) is 0. The van der Waals surface area contributed by atoms with E-state index in [1.54, 1.807) is 0 Å². The van der Waals surface area contributed by atoms with Crippen molar-refractivity contribution in [3.63, 3.8) is 0 Å². The highest BCUT2D eigenvalue weighted by atomic mass is 16.3. The molecule has 0 amide bonds. The number of benzene rings is 1. The highest BCUT2D eigenvalue weighted by molar-refractivity contribution is 5.80. The van der Waals surface area contributed by atoms with Gasteiger partial charge in [-0.25, -0.2) is 0 Å². The molecule has 1 atom stereocenters. The maximum Gasteiger partial charge on any atom is 0.112 e. The Labute approximate surface area is 112 Å². The first-order valence-electron chi connectivity index (χ1n) is 6.26. The molecule has 19 heavy (non-hydrogen) atoms. The normalized spacial score (nSPS) is 20.9. The SMILES string of the molecule is Cc1ccc(CC2(N)C=Cc3c(N)cccc3N2)o1. The van der Waals surface area contributed by atoms with Crippen LogP contribution in [-0.2, 0) is 6.42 Å². The number of rotatable bonds is 2. The molecule has 0 bridgehead atoms. The maximum absolute atomic E-state index is 6.37. The van der Waals surface area contributed by atoms with Crippen LogP contribution in [0.1, 0.15) is 17.1 Å². The third kappa shape index (κ3) is 2.22. The molecule has 3 rings (SSSR count). The molecule has 1 aromatic carbocycles. The second-order valence-corrected chi connectivity index (χ2v) is 5.00. The van der Waals surface area contributed by atoms with Gasteiger partial charge in [0.25, 0.3) is 0 Å². The zero-order valence-corrected chi connectivity index (χ0v) is 10.8. The average Bonchev–Trinajstić information content (AvgIpc) is 2.74. The van der Waals surface area contributed by atoms with Crippen LogP contribution in [0, 0.1) is 6.92 Å². The molecule has 4 heteroatoms. The second-order valence-electron chi connectivity index (χ2n) is 5.00. The maximum atomic E-state index is 6.37. The van der Waals surface area contributed by atoms with Gasteiger partial charge in [-0.1, -0.05) is 12.1 Å². The number of aryl methyl sites for hydroxylation is 1. The molecule has 5 N–H and O–H groups in total. The number of nitrogens with two attached hydrogens (primary N) is 2. The Morgan fingerprint density at radius 3 is 2.84 bits per heavy atom. The summed E-state index contributed by atoms with van der Waals surface area (Å²) in [6.45, 7) is 1.92. The lowest BCUT2D eigenvalue weighted by atomic mass is 9.96. The van der Waals surface area contributed by atoms with Crippen molar-refractivity contribution in [3.05, 3.63) is 53.5 Å². The largest absolute Gasteiger partial charge is 0.466 e. The molecule has 1 aliphatic rings. The van der Waals surface area contributed by atoms with E-state index in [1.807, 2.05) is 49.4 Å². The minimum Gasteiger partial charge on any atom is -0.466 e. The van der Waals surface area contributed by atoms with Crippen LogP contribution in [0.3, 0.4) is 0 Å². The lowest BCUT2D eigenvalue weighted by Gasteiger charge is -2.32. The summed E-state index contributed by atoms with van der Waals surface area (Å²) >= 11 is 0. The van der Waals surface area contributed by atoms with Gasteiger partial charge in [0.2, 0.25) is 0 Å². The standard InChI is InChI=1S/C15H17N3O/c1-10-5-6-11(19-10)9-15(17)8-7-12-13(16)3-2-4-14(12)18-15/h2-8,18H,9,16-17H2,1H3. The predicted octanol–water partition coefficient (Wildman–Crippen LogP) is 2.51. The van der Waals surface area contributed by atoms with Gasteiger partial charge in [0.05, 0.1) is 0 Å². The fraction of sp³-hybridized carbons (Fsp3) is 0.200. The first-order chi connectivity index (χ1) is 9.06. The summed E-state index contributed by atoms with van der Waals surface area (Å²) in [5.41, 5.74) is 14.3. The molecule has 0 saturated carbocycles. The van der Waals surface area contributed by atoms with Gasteiger partial charge in [-0.2, -0.15) is 0 Å². The Hall–Kier alpha value is -2.20. The first kappa shape index (κ1) is 11.9. The summed E-state index contributed by atoms with van der Waals surface area (Å²) in [5.74, 6) is 1.76. The lowest BCUT2D eigenvalue weighted by molar-refractivity contribution is 0.445. The minimum atomic E-state index is -0.648. The molecule has 4 nitrogen and oxygen atoms in total. The summed E-state index contributed by atoms with van der Waals surface area (Å²) < 4.78 is 5.58. The first-order valence-corrected chi connectivity index (χ1v) is 6.26. The summed E-state index contributed by atoms with van der Waals surface area (Å²) in [7, 11) is 0. The predicted molar refractivity (Wildman–Crippen MR) is 77.6 cm³/mol. The highest BCUT2D eigenvalue weighted by Gasteiger charge is 2.27. The third-order valence-electron chi connectivity index (χ3n) is 3.32. The van der Waals surface area contributed by atoms with Gasteiger partial charge in [0.1, 0.15) is 17.2 Å². The van der Waals surface area contributed by atoms with E-state index in [-0.39, 0.29) is 0 Å². The van der Waals surface area contributed by atoms with Crippen LogP contribution < -0.4 is 16.8 Å². The van der Waals surface area contributed by atoms with Gasteiger partial charge in [-0.3, -0.25) is 0 Å². The number of furan rings is 1. The van der Waals surface area contributed by atoms with E-state index in [0.717, 1.165) is 28.5 Å². The zero-order valence-electron chi connectivity index (χ0n) is 10.8. The molecule has 98 valence electrons. The molecule has 1 aromatic heterocycles. The van der Waals surface area contributed by atoms with Gasteiger partial charge in [0.15, 0.2) is 0 Å². The number of nitrogen functional groups attached to an aromatic ring is 1. The van der Waals surface area contributed by atoms with Crippen molar-refractivity contribution < 1.29 is 4.42 Å². The summed E-state index contributed by atoms with van der Waals surface area (Å²) in [6.07, 6.45) is 4.49. The van der Waals surface area contributed by atoms with Gasteiger partial charge in [-0.15, -0.1) is 0 Å². The molecule has 2 heterocycles. The topological polar surface area (TPSA) is 77.2 Å². The monoisotopic (exact) mass is 255 g/mol. The third-order valence-corrected chi connectivity index (χ3v) is 3.32. The van der Waals surface area contributed by atoms with E-state index < -0.39 is 5.66 Å². The van der Waals surface area contributed by atoms with Crippen molar-refractivity contribution in [1.82, 2.24) is 0 Å². The fourth-order valence-corrected chi connectivity index (χ4v) is 2.37. The van der Waals surface area contributed by atoms with Gasteiger partial charge >= 0.3 is 0 Å². The number of hydrogen-bond acceptors (Lipinski definition) is 4. The van der Waals surface area contributed by atoms with Crippen LogP contribution in [0.2, 0.25) is 0 Å². The number of fused-ring (bicyclic) bond motifs is 1. The van der Waals surface area contributed by atoms with E-state index in [1.165, 1.54) is 0 Å². The van der Waals surface area contributed by atoms with Crippen LogP contribution in [0.4, 0.5) is 11.4 Å². The Bertz CT molecular complexity index is 645. The van der Waals surface area contributed by atoms with Crippen molar-refractivity contribution in [1.29, 1.82) is 0 Å². The lowest BCUT2D eigenvalue weighted by Crippen LogP contribution is -2.49. The van der Waals surface area contributed by atoms with Crippen LogP contribution in [0.25, 0.3) is 6.08 Å². The van der Waals surface area contributed by atoms with E-state index in [0.29, 0.717) is 6.42 Å². The minimum absolute atomic E-state index is 0.589. The van der Waals surface area contributed by atoms with E-state index >= 15 is 0 Å². The van der Waals surface area contributed by atoms with Crippen molar-refractivity contribution in [2.45, 2.75) is 19.0 Å². The summed E-state index contributed by atoms with van der Waals surface area (Å²) in [5, 5.41) is 3.32. The molecular weight excluding hydrogens is 238 g/mol. The molecular formula is C15H17N3O. The van der Waals surface area contributed by atoms with Crippen molar-refractivity contribution in [2.24, 2.45) is 5.73 Å². The van der Waals surface area contributed by atoms with Crippen LogP contribution in [0.5, 0.6) is 0 Å². The molecule has 0 spiro atoms. The Kier molecular flexibility index (Phi) is 2.61. The van der Waals surface area contributed by atoms with Crippen molar-refractivity contribution in [3.8, 4) is 0 Å². The molecule has 2 aromatic rings. The van der Waals surface area contributed by atoms with E-state index in [4.69, 9.17) is 15.9 Å². The molecule has 0 radical (unpaired) electrons. The number of hydrogen-bond donors (Lipinski definition) is 3. The molecule has 1 aliphatic heterocycles. The number of anilines is 2. The van der Waals surface area contributed by atoms with Crippen molar-refractivity contribution in [2.75, 3.05) is 11.1 Å². The van der Waals surface area contributed by atoms with Crippen LogP contribution in [0.15, 0.2) is 40.8 Å². The Balaban J connectivity index is 1.89.